The highest BCUT2D eigenvalue weighted by Gasteiger charge is 2.47. The van der Waals surface area contributed by atoms with E-state index in [0.29, 0.717) is 0 Å². The predicted octanol–water partition coefficient (Wildman–Crippen LogP) is -5.20. The minimum atomic E-state index is -1.69. The van der Waals surface area contributed by atoms with Gasteiger partial charge in [0.25, 0.3) is 0 Å². The fourth-order valence-corrected chi connectivity index (χ4v) is 7.01. The lowest BCUT2D eigenvalue weighted by Gasteiger charge is -2.39. The van der Waals surface area contributed by atoms with Crippen molar-refractivity contribution in [3.63, 3.8) is 0 Å². The van der Waals surface area contributed by atoms with Crippen LogP contribution < -0.4 is 46.6 Å². The molecule has 0 unspecified atom stereocenters. The Labute approximate surface area is 387 Å². The zero-order chi connectivity index (χ0) is 49.7. The number of aliphatic hydroxyl groups excluding tert-OH is 12. The molecule has 372 valence electrons. The fourth-order valence-electron chi connectivity index (χ4n) is 7.01. The van der Waals surface area contributed by atoms with Crippen LogP contribution in [0.15, 0.2) is 103 Å². The normalized spacial score (nSPS) is 32.2. The van der Waals surface area contributed by atoms with Crippen molar-refractivity contribution < 1.29 is 94.8 Å². The third-order valence-corrected chi connectivity index (χ3v) is 11.0. The second-order valence-corrected chi connectivity index (χ2v) is 15.7. The molecule has 15 N–H and O–H groups in total. The van der Waals surface area contributed by atoms with Crippen LogP contribution in [0, 0.1) is 0 Å². The summed E-state index contributed by atoms with van der Waals surface area (Å²) < 4.78 is 32.8. The lowest BCUT2D eigenvalue weighted by atomic mass is 9.99. The smallest absolute Gasteiger partial charge is 0.241 e. The van der Waals surface area contributed by atoms with E-state index >= 15 is 0 Å². The first-order valence-corrected chi connectivity index (χ1v) is 20.9. The summed E-state index contributed by atoms with van der Waals surface area (Å²) in [5.41, 5.74) is 2.33. The first-order valence-electron chi connectivity index (χ1n) is 20.9. The number of ether oxygens (including phenoxy) is 6. The molecule has 0 radical (unpaired) electrons. The van der Waals surface area contributed by atoms with Crippen molar-refractivity contribution in [2.24, 2.45) is 20.4 Å². The number of nitrogens with zero attached hydrogens (tertiary/aromatic N) is 4. The Bertz CT molecular complexity index is 2620. The second kappa shape index (κ2) is 22.1. The van der Waals surface area contributed by atoms with E-state index in [1.807, 2.05) is 0 Å². The van der Waals surface area contributed by atoms with Gasteiger partial charge >= 0.3 is 0 Å². The molecule has 4 aromatic rings. The number of hydrogen-bond donors (Lipinski definition) is 15. The van der Waals surface area contributed by atoms with Crippen molar-refractivity contribution >= 4 is 22.7 Å². The minimum absolute atomic E-state index is 0.0615. The maximum Gasteiger partial charge on any atom is 0.241 e. The van der Waals surface area contributed by atoms with E-state index in [1.54, 1.807) is 0 Å². The average Bonchev–Trinajstić information content (AvgIpc) is 3.35. The van der Waals surface area contributed by atoms with E-state index in [9.17, 15) is 76.0 Å². The Morgan fingerprint density at radius 2 is 0.797 bits per heavy atom. The zero-order valence-electron chi connectivity index (χ0n) is 35.6. The number of anilines is 2. The second-order valence-electron chi connectivity index (χ2n) is 15.7. The van der Waals surface area contributed by atoms with Gasteiger partial charge in [0.05, 0.1) is 36.9 Å². The van der Waals surface area contributed by atoms with Crippen molar-refractivity contribution in [3.8, 4) is 23.0 Å². The molecule has 3 heterocycles. The molecule has 0 aromatic heterocycles. The Kier molecular flexibility index (Phi) is 16.3. The number of benzene rings is 4. The van der Waals surface area contributed by atoms with Gasteiger partial charge in [-0.2, -0.15) is 15.3 Å². The van der Waals surface area contributed by atoms with Crippen LogP contribution in [0.1, 0.15) is 0 Å². The quantitative estimate of drug-likeness (QED) is 0.0391. The summed E-state index contributed by atoms with van der Waals surface area (Å²) >= 11 is 0. The van der Waals surface area contributed by atoms with Crippen LogP contribution in [0.25, 0.3) is 0 Å². The van der Waals surface area contributed by atoms with Crippen LogP contribution in [-0.4, -0.2) is 178 Å². The van der Waals surface area contributed by atoms with E-state index < -0.39 is 145 Å². The lowest BCUT2D eigenvalue weighted by Crippen LogP contribution is -2.60. The third kappa shape index (κ3) is 11.2. The van der Waals surface area contributed by atoms with E-state index in [4.69, 9.17) is 28.4 Å². The van der Waals surface area contributed by atoms with Crippen LogP contribution in [0.4, 0.5) is 22.7 Å². The summed E-state index contributed by atoms with van der Waals surface area (Å²) in [5, 5.41) is 145. The van der Waals surface area contributed by atoms with Crippen LogP contribution >= 0.6 is 0 Å². The van der Waals surface area contributed by atoms with Gasteiger partial charge in [0.2, 0.25) is 29.7 Å². The maximum absolute atomic E-state index is 13.8. The van der Waals surface area contributed by atoms with Crippen molar-refractivity contribution in [2.75, 3.05) is 30.7 Å². The van der Waals surface area contributed by atoms with Crippen LogP contribution in [0.2, 0.25) is 0 Å². The molecule has 7 rings (SSSR count). The minimum Gasteiger partial charge on any atom is -0.504 e. The molecule has 0 amide bonds. The summed E-state index contributed by atoms with van der Waals surface area (Å²) in [6.45, 7) is -2.03. The van der Waals surface area contributed by atoms with E-state index in [1.165, 1.54) is 72.8 Å². The molecule has 0 saturated carbocycles. The van der Waals surface area contributed by atoms with Gasteiger partial charge in [-0.25, -0.2) is 0 Å². The highest BCUT2D eigenvalue weighted by Crippen LogP contribution is 2.29. The third-order valence-electron chi connectivity index (χ3n) is 11.0. The van der Waals surface area contributed by atoms with E-state index in [0.717, 1.165) is 0 Å². The predicted molar refractivity (Wildman–Crippen MR) is 228 cm³/mol. The number of rotatable bonds is 15. The van der Waals surface area contributed by atoms with Gasteiger partial charge in [-0.1, -0.05) is 0 Å². The van der Waals surface area contributed by atoms with Crippen molar-refractivity contribution in [1.82, 2.24) is 0 Å². The molecule has 4 aromatic carbocycles. The number of aliphatic hydroxyl groups is 12. The number of phenolic OH excluding ortho intramolecular Hbond substituents is 1. The molecule has 27 heteroatoms. The van der Waals surface area contributed by atoms with Crippen molar-refractivity contribution in [2.45, 2.75) is 92.1 Å². The van der Waals surface area contributed by atoms with Gasteiger partial charge < -0.3 is 94.8 Å². The van der Waals surface area contributed by atoms with Crippen molar-refractivity contribution in [1.29, 1.82) is 0 Å². The molecule has 0 bridgehead atoms. The number of phenols is 1. The largest absolute Gasteiger partial charge is 0.504 e. The number of hydrogen-bond acceptors (Lipinski definition) is 27. The highest BCUT2D eigenvalue weighted by molar-refractivity contribution is 5.52. The number of aromatic hydroxyl groups is 1. The van der Waals surface area contributed by atoms with Crippen LogP contribution in [0.3, 0.4) is 0 Å². The van der Waals surface area contributed by atoms with Gasteiger partial charge in [0.15, 0.2) is 22.2 Å². The lowest BCUT2D eigenvalue weighted by molar-refractivity contribution is -0.277. The van der Waals surface area contributed by atoms with E-state index in [-0.39, 0.29) is 34.3 Å². The Morgan fingerprint density at radius 3 is 1.16 bits per heavy atom. The number of azo groups is 1. The summed E-state index contributed by atoms with van der Waals surface area (Å²) in [6.07, 6.45) is -23.1. The van der Waals surface area contributed by atoms with Gasteiger partial charge in [-0.15, -0.1) is 5.11 Å². The molecule has 3 fully saturated rings. The summed E-state index contributed by atoms with van der Waals surface area (Å²) in [5.74, 6) is -0.771. The van der Waals surface area contributed by atoms with Crippen molar-refractivity contribution in [3.05, 3.63) is 104 Å². The maximum atomic E-state index is 13.8. The van der Waals surface area contributed by atoms with Gasteiger partial charge in [-0.05, 0) is 72.8 Å². The Hall–Kier alpha value is -6.12. The molecule has 15 atom stereocenters. The molecule has 3 aliphatic rings. The monoisotopic (exact) mass is 972 g/mol. The molecular weight excluding hydrogens is 924 g/mol. The molecule has 27 nitrogen and oxygen atoms in total. The van der Waals surface area contributed by atoms with Crippen LogP contribution in [-0.2, 0) is 14.2 Å². The highest BCUT2D eigenvalue weighted by atomic mass is 16.7. The first-order chi connectivity index (χ1) is 33.0. The zero-order valence-corrected chi connectivity index (χ0v) is 35.6. The van der Waals surface area contributed by atoms with Gasteiger partial charge in [-0.3, -0.25) is 20.4 Å². The summed E-state index contributed by atoms with van der Waals surface area (Å²) in [7, 11) is 0. The molecule has 3 aliphatic heterocycles. The number of nitrogens with one attached hydrogen (secondary N) is 2. The molecule has 3 saturated heterocycles. The molecular formula is C42H48N6O21. The Balaban J connectivity index is 1.14. The Morgan fingerprint density at radius 1 is 0.449 bits per heavy atom. The summed E-state index contributed by atoms with van der Waals surface area (Å²) in [6, 6.07) is 16.3. The van der Waals surface area contributed by atoms with Crippen LogP contribution in [0.5, 0.6) is 23.0 Å². The van der Waals surface area contributed by atoms with Gasteiger partial charge in [0.1, 0.15) is 90.5 Å². The first kappa shape index (κ1) is 50.7. The standard InChI is InChI=1S/C42H48N6O21/c49-13-22-28(52)34(58)37(61)40(67-22)64-19-7-1-16(2-8-19)43-46-25-31(55)26(47-44-17-3-9-20(10-4-17)65-41-38(62)35(59)29(53)23(14-50)68-41)33(57)27(32(25)56)48-45-18-5-11-21(12-6-18)66-42-39(63)36(60)30(54)24(15-51)69-42/h1-12,22-24,28-30,34-44,49-54,56,58-63H,13-15H2/b46-25-,47-26+,48-45?/t22-,23-,24-,28-,29-,30-,34+,35+,36+,37-,38-,39-,40-,41-,42-/m1/s1. The summed E-state index contributed by atoms with van der Waals surface area (Å²) in [4.78, 5) is 27.6. The SMILES string of the molecule is O=c1c(N=Nc2ccc(O[C@@H]3O[C@H](CO)[C@@H](O)[C@H](O)[C@H]3O)cc2)c(O)/c(=N\Nc2ccc(O[C@@H]3O[C@H](CO)[C@@H](O)[C@H](O)[C@H]3O)cc2)c(=O)/c1=N\Nc1ccc(O[C@@H]2O[C@H](CO)[C@@H](O)[C@H](O)[C@H]2O)cc1. The van der Waals surface area contributed by atoms with Gasteiger partial charge in [0, 0.05) is 0 Å². The fraction of sp³-hybridized carbons (Fsp3) is 0.429. The van der Waals surface area contributed by atoms with E-state index in [2.05, 4.69) is 31.3 Å². The molecule has 69 heavy (non-hydrogen) atoms. The molecule has 0 aliphatic carbocycles. The average molecular weight is 973 g/mol. The molecule has 0 spiro atoms. The topological polar surface area (TPSA) is 426 Å².